The molecule has 0 fully saturated rings. The summed E-state index contributed by atoms with van der Waals surface area (Å²) in [6.07, 6.45) is 3.00. The van der Waals surface area contributed by atoms with Gasteiger partial charge in [-0.2, -0.15) is 0 Å². The maximum atomic E-state index is 11.6. The predicted octanol–water partition coefficient (Wildman–Crippen LogP) is 2.87. The van der Waals surface area contributed by atoms with Gasteiger partial charge in [0.15, 0.2) is 0 Å². The van der Waals surface area contributed by atoms with E-state index in [9.17, 15) is 4.79 Å². The van der Waals surface area contributed by atoms with E-state index in [-0.39, 0.29) is 5.91 Å². The smallest absolute Gasteiger partial charge is 0.226 e. The van der Waals surface area contributed by atoms with Crippen LogP contribution in [0.2, 0.25) is 0 Å². The lowest BCUT2D eigenvalue weighted by Crippen LogP contribution is -2.36. The molecule has 0 saturated carbocycles. The zero-order chi connectivity index (χ0) is 13.6. The molecular weight excluding hydrogens is 221 g/mol. The van der Waals surface area contributed by atoms with Gasteiger partial charge in [0, 0.05) is 5.41 Å². The van der Waals surface area contributed by atoms with Gasteiger partial charge >= 0.3 is 0 Å². The normalized spacial score (nSPS) is 13.1. The van der Waals surface area contributed by atoms with Crippen LogP contribution in [0.15, 0.2) is 30.3 Å². The van der Waals surface area contributed by atoms with Crippen molar-refractivity contribution in [3.63, 3.8) is 0 Å². The van der Waals surface area contributed by atoms with E-state index in [4.69, 9.17) is 7.98 Å². The average Bonchev–Trinajstić information content (AvgIpc) is 2.36. The summed E-state index contributed by atoms with van der Waals surface area (Å²) in [6.45, 7) is 6.07. The minimum absolute atomic E-state index is 0.0888. The van der Waals surface area contributed by atoms with Crippen molar-refractivity contribution in [2.24, 2.45) is 11.3 Å². The fraction of sp³-hybridized carbons (Fsp3) is 0.533. The molecule has 1 N–H and O–H groups in total. The Morgan fingerprint density at radius 3 is 2.50 bits per heavy atom. The zero-order valence-corrected chi connectivity index (χ0v) is 11.6. The van der Waals surface area contributed by atoms with Crippen molar-refractivity contribution in [2.75, 3.05) is 0 Å². The van der Waals surface area contributed by atoms with Crippen LogP contribution in [0.5, 0.6) is 0 Å². The molecule has 96 valence electrons. The fourth-order valence-corrected chi connectivity index (χ4v) is 2.32. The van der Waals surface area contributed by atoms with E-state index in [0.29, 0.717) is 5.92 Å². The largest absolute Gasteiger partial charge is 0.409 e. The number of hydrogen-bond donors (Lipinski definition) is 1. The monoisotopic (exact) mass is 243 g/mol. The summed E-state index contributed by atoms with van der Waals surface area (Å²) in [7, 11) is 5.20. The van der Waals surface area contributed by atoms with Crippen molar-refractivity contribution >= 4 is 13.9 Å². The summed E-state index contributed by atoms with van der Waals surface area (Å²) in [5.74, 6) is 0.409. The van der Waals surface area contributed by atoms with Crippen molar-refractivity contribution in [3.8, 4) is 0 Å². The highest BCUT2D eigenvalue weighted by Gasteiger charge is 2.28. The maximum Gasteiger partial charge on any atom is 0.226 e. The Labute approximate surface area is 112 Å². The van der Waals surface area contributed by atoms with E-state index in [1.165, 1.54) is 5.56 Å². The summed E-state index contributed by atoms with van der Waals surface area (Å²) in [5, 5.41) is 2.25. The molecule has 1 amide bonds. The van der Waals surface area contributed by atoms with Crippen LogP contribution in [0.3, 0.4) is 0 Å². The lowest BCUT2D eigenvalue weighted by atomic mass is 9.80. The quantitative estimate of drug-likeness (QED) is 0.765. The highest BCUT2D eigenvalue weighted by Crippen LogP contribution is 2.27. The van der Waals surface area contributed by atoms with E-state index in [2.05, 4.69) is 36.4 Å². The van der Waals surface area contributed by atoms with Crippen LogP contribution < -0.4 is 5.23 Å². The van der Waals surface area contributed by atoms with Crippen LogP contribution in [0, 0.1) is 11.3 Å². The van der Waals surface area contributed by atoms with Gasteiger partial charge in [0.2, 0.25) is 13.9 Å². The van der Waals surface area contributed by atoms with Crippen molar-refractivity contribution in [2.45, 2.75) is 40.0 Å². The van der Waals surface area contributed by atoms with Gasteiger partial charge in [-0.3, -0.25) is 4.79 Å². The standard InChI is InChI=1S/C15H22BNO/c1-12(11-15(2,3)14(18)17-16)9-10-13-7-5-4-6-8-13/h4-8,12H,9-11H2,1-3H3,(H,17,18). The van der Waals surface area contributed by atoms with Crippen LogP contribution in [0.4, 0.5) is 0 Å². The van der Waals surface area contributed by atoms with Crippen LogP contribution in [0.25, 0.3) is 0 Å². The third-order valence-electron chi connectivity index (χ3n) is 3.37. The molecule has 0 aliphatic carbocycles. The van der Waals surface area contributed by atoms with Gasteiger partial charge in [0.1, 0.15) is 0 Å². The highest BCUT2D eigenvalue weighted by molar-refractivity contribution is 6.15. The Balaban J connectivity index is 2.42. The van der Waals surface area contributed by atoms with Crippen molar-refractivity contribution in [3.05, 3.63) is 35.9 Å². The van der Waals surface area contributed by atoms with Gasteiger partial charge in [-0.15, -0.1) is 0 Å². The lowest BCUT2D eigenvalue weighted by molar-refractivity contribution is -0.128. The topological polar surface area (TPSA) is 29.1 Å². The van der Waals surface area contributed by atoms with E-state index in [1.54, 1.807) is 0 Å². The first-order valence-corrected chi connectivity index (χ1v) is 6.50. The maximum absolute atomic E-state index is 11.6. The Morgan fingerprint density at radius 2 is 1.94 bits per heavy atom. The third kappa shape index (κ3) is 4.56. The predicted molar refractivity (Wildman–Crippen MR) is 76.2 cm³/mol. The Morgan fingerprint density at radius 1 is 1.33 bits per heavy atom. The summed E-state index contributed by atoms with van der Waals surface area (Å²) in [4.78, 5) is 11.6. The number of carbonyl (C=O) groups excluding carboxylic acids is 1. The molecule has 0 aliphatic rings. The third-order valence-corrected chi connectivity index (χ3v) is 3.37. The number of carbonyl (C=O) groups is 1. The van der Waals surface area contributed by atoms with E-state index in [0.717, 1.165) is 19.3 Å². The Kier molecular flexibility index (Phi) is 5.45. The van der Waals surface area contributed by atoms with Crippen LogP contribution in [-0.4, -0.2) is 13.9 Å². The minimum atomic E-state index is -0.398. The first-order valence-electron chi connectivity index (χ1n) is 6.50. The molecule has 0 aliphatic heterocycles. The number of nitrogens with one attached hydrogen (secondary N) is 1. The minimum Gasteiger partial charge on any atom is -0.409 e. The molecule has 18 heavy (non-hydrogen) atoms. The van der Waals surface area contributed by atoms with E-state index < -0.39 is 5.41 Å². The fourth-order valence-electron chi connectivity index (χ4n) is 2.32. The van der Waals surface area contributed by atoms with Crippen LogP contribution in [0.1, 0.15) is 39.2 Å². The molecule has 0 heterocycles. The molecule has 1 aromatic rings. The van der Waals surface area contributed by atoms with Gasteiger partial charge in [-0.1, -0.05) is 51.1 Å². The summed E-state index contributed by atoms with van der Waals surface area (Å²) in [5.41, 5.74) is 0.954. The van der Waals surface area contributed by atoms with Gasteiger partial charge in [0.25, 0.3) is 0 Å². The highest BCUT2D eigenvalue weighted by atomic mass is 16.1. The molecule has 1 atom stereocenters. The number of amides is 1. The number of benzene rings is 1. The Hall–Kier alpha value is -1.25. The molecule has 1 rings (SSSR count). The number of rotatable bonds is 6. The second-order valence-electron chi connectivity index (χ2n) is 5.69. The van der Waals surface area contributed by atoms with Crippen LogP contribution in [-0.2, 0) is 11.2 Å². The molecular formula is C15H22BNO. The SMILES string of the molecule is [B]NC(=O)C(C)(C)CC(C)CCc1ccccc1. The number of aryl methyl sites for hydroxylation is 1. The molecule has 0 aromatic heterocycles. The molecule has 1 aromatic carbocycles. The second kappa shape index (κ2) is 6.62. The van der Waals surface area contributed by atoms with Gasteiger partial charge in [0.05, 0.1) is 0 Å². The number of hydrogen-bond acceptors (Lipinski definition) is 1. The van der Waals surface area contributed by atoms with Crippen molar-refractivity contribution in [1.82, 2.24) is 5.23 Å². The van der Waals surface area contributed by atoms with E-state index in [1.807, 2.05) is 19.9 Å². The van der Waals surface area contributed by atoms with Crippen molar-refractivity contribution in [1.29, 1.82) is 0 Å². The van der Waals surface area contributed by atoms with Gasteiger partial charge in [-0.05, 0) is 30.7 Å². The molecule has 2 radical (unpaired) electrons. The summed E-state index contributed by atoms with van der Waals surface area (Å²) >= 11 is 0. The molecule has 1 unspecified atom stereocenters. The zero-order valence-electron chi connectivity index (χ0n) is 11.6. The molecule has 0 spiro atoms. The summed E-state index contributed by atoms with van der Waals surface area (Å²) < 4.78 is 0. The molecule has 0 saturated heterocycles. The van der Waals surface area contributed by atoms with Gasteiger partial charge < -0.3 is 5.23 Å². The first kappa shape index (κ1) is 14.8. The molecule has 0 bridgehead atoms. The van der Waals surface area contributed by atoms with Crippen LogP contribution >= 0.6 is 0 Å². The Bertz CT molecular complexity index is 375. The van der Waals surface area contributed by atoms with Gasteiger partial charge in [-0.25, -0.2) is 0 Å². The molecule has 2 nitrogen and oxygen atoms in total. The van der Waals surface area contributed by atoms with E-state index >= 15 is 0 Å². The van der Waals surface area contributed by atoms with Crippen molar-refractivity contribution < 1.29 is 4.79 Å². The molecule has 3 heteroatoms. The summed E-state index contributed by atoms with van der Waals surface area (Å²) in [6, 6.07) is 10.4. The lowest BCUT2D eigenvalue weighted by Gasteiger charge is -2.26. The average molecular weight is 243 g/mol. The second-order valence-corrected chi connectivity index (χ2v) is 5.69. The first-order chi connectivity index (χ1) is 8.45.